The van der Waals surface area contributed by atoms with Crippen LogP contribution in [0.5, 0.6) is 0 Å². The molecule has 0 aliphatic carbocycles. The van der Waals surface area contributed by atoms with Crippen LogP contribution >= 0.6 is 11.6 Å². The Morgan fingerprint density at radius 3 is 2.81 bits per heavy atom. The highest BCUT2D eigenvalue weighted by molar-refractivity contribution is 6.30. The van der Waals surface area contributed by atoms with Gasteiger partial charge in [0, 0.05) is 13.0 Å². The number of nitrogens with one attached hydrogen (secondary N) is 2. The Bertz CT molecular complexity index is 307. The van der Waals surface area contributed by atoms with E-state index in [9.17, 15) is 0 Å². The molecule has 4 heteroatoms. The summed E-state index contributed by atoms with van der Waals surface area (Å²) in [5, 5.41) is 3.97. The van der Waals surface area contributed by atoms with Crippen molar-refractivity contribution in [2.24, 2.45) is 5.92 Å². The number of aromatic nitrogens is 2. The molecule has 92 valence electrons. The van der Waals surface area contributed by atoms with Gasteiger partial charge >= 0.3 is 0 Å². The number of rotatable bonds is 7. The van der Waals surface area contributed by atoms with Gasteiger partial charge in [0.1, 0.15) is 5.82 Å². The SMILES string of the molecule is CCCCc1nc(Cl)c(CNCC(C)C)[nH]1. The first-order chi connectivity index (χ1) is 7.63. The van der Waals surface area contributed by atoms with Crippen LogP contribution in [0.25, 0.3) is 0 Å². The van der Waals surface area contributed by atoms with Gasteiger partial charge in [-0.3, -0.25) is 0 Å². The lowest BCUT2D eigenvalue weighted by Crippen LogP contribution is -2.19. The summed E-state index contributed by atoms with van der Waals surface area (Å²) < 4.78 is 0. The van der Waals surface area contributed by atoms with E-state index in [4.69, 9.17) is 11.6 Å². The molecule has 0 fully saturated rings. The first kappa shape index (κ1) is 13.5. The summed E-state index contributed by atoms with van der Waals surface area (Å²) in [4.78, 5) is 7.60. The average Bonchev–Trinajstić information content (AvgIpc) is 2.56. The first-order valence-electron chi connectivity index (χ1n) is 6.07. The highest BCUT2D eigenvalue weighted by atomic mass is 35.5. The first-order valence-corrected chi connectivity index (χ1v) is 6.45. The van der Waals surface area contributed by atoms with Crippen LogP contribution in [0.1, 0.15) is 45.1 Å². The summed E-state index contributed by atoms with van der Waals surface area (Å²) in [6, 6.07) is 0. The Hall–Kier alpha value is -0.540. The van der Waals surface area contributed by atoms with Crippen LogP contribution in [0.3, 0.4) is 0 Å². The van der Waals surface area contributed by atoms with Gasteiger partial charge < -0.3 is 10.3 Å². The van der Waals surface area contributed by atoms with Crippen LogP contribution in [-0.2, 0) is 13.0 Å². The number of aryl methyl sites for hydroxylation is 1. The molecule has 0 saturated carbocycles. The van der Waals surface area contributed by atoms with Crippen LogP contribution < -0.4 is 5.32 Å². The predicted octanol–water partition coefficient (Wildman–Crippen LogP) is 3.15. The molecule has 1 aromatic heterocycles. The molecule has 1 aromatic rings. The fourth-order valence-electron chi connectivity index (χ4n) is 1.51. The van der Waals surface area contributed by atoms with Crippen LogP contribution in [0.15, 0.2) is 0 Å². The van der Waals surface area contributed by atoms with E-state index in [1.165, 1.54) is 6.42 Å². The fraction of sp³-hybridized carbons (Fsp3) is 0.750. The van der Waals surface area contributed by atoms with E-state index in [0.717, 1.165) is 37.4 Å². The van der Waals surface area contributed by atoms with Gasteiger partial charge in [0.15, 0.2) is 5.15 Å². The molecule has 16 heavy (non-hydrogen) atoms. The molecule has 0 aliphatic heterocycles. The molecule has 2 N–H and O–H groups in total. The molecule has 0 spiro atoms. The van der Waals surface area contributed by atoms with Crippen LogP contribution in [0.4, 0.5) is 0 Å². The minimum absolute atomic E-state index is 0.613. The number of hydrogen-bond donors (Lipinski definition) is 2. The van der Waals surface area contributed by atoms with Gasteiger partial charge in [0.2, 0.25) is 0 Å². The fourth-order valence-corrected chi connectivity index (χ4v) is 1.72. The van der Waals surface area contributed by atoms with Crippen molar-refractivity contribution in [1.82, 2.24) is 15.3 Å². The number of hydrogen-bond acceptors (Lipinski definition) is 2. The van der Waals surface area contributed by atoms with Crippen molar-refractivity contribution in [3.05, 3.63) is 16.7 Å². The summed E-state index contributed by atoms with van der Waals surface area (Å²) in [5.41, 5.74) is 1.01. The highest BCUT2D eigenvalue weighted by Gasteiger charge is 2.07. The van der Waals surface area contributed by atoms with E-state index >= 15 is 0 Å². The lowest BCUT2D eigenvalue weighted by atomic mass is 10.2. The number of halogens is 1. The molecule has 0 atom stereocenters. The molecule has 0 bridgehead atoms. The Kier molecular flexibility index (Phi) is 5.85. The molecule has 1 rings (SSSR count). The van der Waals surface area contributed by atoms with Crippen LogP contribution in [0.2, 0.25) is 5.15 Å². The third kappa shape index (κ3) is 4.54. The van der Waals surface area contributed by atoms with E-state index < -0.39 is 0 Å². The molecule has 1 heterocycles. The van der Waals surface area contributed by atoms with E-state index in [1.807, 2.05) is 0 Å². The van der Waals surface area contributed by atoms with Crippen LogP contribution in [0, 0.1) is 5.92 Å². The molecule has 0 amide bonds. The maximum atomic E-state index is 6.06. The van der Waals surface area contributed by atoms with Gasteiger partial charge in [0.05, 0.1) is 5.69 Å². The molecule has 0 aliphatic rings. The minimum Gasteiger partial charge on any atom is -0.344 e. The van der Waals surface area contributed by atoms with Gasteiger partial charge in [-0.1, -0.05) is 38.8 Å². The third-order valence-electron chi connectivity index (χ3n) is 2.40. The van der Waals surface area contributed by atoms with Crippen molar-refractivity contribution in [1.29, 1.82) is 0 Å². The van der Waals surface area contributed by atoms with E-state index in [0.29, 0.717) is 11.1 Å². The van der Waals surface area contributed by atoms with E-state index in [1.54, 1.807) is 0 Å². The van der Waals surface area contributed by atoms with Gasteiger partial charge in [-0.05, 0) is 18.9 Å². The van der Waals surface area contributed by atoms with E-state index in [-0.39, 0.29) is 0 Å². The van der Waals surface area contributed by atoms with Crippen molar-refractivity contribution in [2.75, 3.05) is 6.54 Å². The maximum absolute atomic E-state index is 6.06. The summed E-state index contributed by atoms with van der Waals surface area (Å²) >= 11 is 6.06. The number of imidazole rings is 1. The van der Waals surface area contributed by atoms with Crippen molar-refractivity contribution >= 4 is 11.6 Å². The summed E-state index contributed by atoms with van der Waals surface area (Å²) in [6.45, 7) is 8.33. The second-order valence-corrected chi connectivity index (χ2v) is 4.94. The lowest BCUT2D eigenvalue weighted by Gasteiger charge is -2.05. The zero-order valence-electron chi connectivity index (χ0n) is 10.4. The molecule has 0 aromatic carbocycles. The number of unbranched alkanes of at least 4 members (excludes halogenated alkanes) is 1. The monoisotopic (exact) mass is 243 g/mol. The standard InChI is InChI=1S/C12H22ClN3/c1-4-5-6-11-15-10(12(13)16-11)8-14-7-9(2)3/h9,14H,4-8H2,1-3H3,(H,15,16). The largest absolute Gasteiger partial charge is 0.344 e. The predicted molar refractivity (Wildman–Crippen MR) is 68.8 cm³/mol. The Morgan fingerprint density at radius 2 is 2.19 bits per heavy atom. The summed E-state index contributed by atoms with van der Waals surface area (Å²) in [5.74, 6) is 1.66. The molecule has 0 radical (unpaired) electrons. The average molecular weight is 244 g/mol. The number of nitrogens with zero attached hydrogens (tertiary/aromatic N) is 1. The second kappa shape index (κ2) is 6.92. The van der Waals surface area contributed by atoms with Gasteiger partial charge in [0.25, 0.3) is 0 Å². The molecule has 0 unspecified atom stereocenters. The quantitative estimate of drug-likeness (QED) is 0.773. The van der Waals surface area contributed by atoms with Crippen molar-refractivity contribution in [2.45, 2.75) is 46.6 Å². The smallest absolute Gasteiger partial charge is 0.151 e. The van der Waals surface area contributed by atoms with Gasteiger partial charge in [-0.25, -0.2) is 4.98 Å². The highest BCUT2D eigenvalue weighted by Crippen LogP contribution is 2.13. The van der Waals surface area contributed by atoms with Crippen molar-refractivity contribution in [3.8, 4) is 0 Å². The molecule has 0 saturated heterocycles. The topological polar surface area (TPSA) is 40.7 Å². The molecular formula is C12H22ClN3. The molecule has 3 nitrogen and oxygen atoms in total. The Morgan fingerprint density at radius 1 is 1.44 bits per heavy atom. The molecular weight excluding hydrogens is 222 g/mol. The van der Waals surface area contributed by atoms with Crippen molar-refractivity contribution < 1.29 is 0 Å². The summed E-state index contributed by atoms with van der Waals surface area (Å²) in [7, 11) is 0. The normalized spacial score (nSPS) is 11.3. The third-order valence-corrected chi connectivity index (χ3v) is 2.71. The van der Waals surface area contributed by atoms with Gasteiger partial charge in [-0.15, -0.1) is 0 Å². The van der Waals surface area contributed by atoms with E-state index in [2.05, 4.69) is 36.1 Å². The minimum atomic E-state index is 0.613. The maximum Gasteiger partial charge on any atom is 0.151 e. The van der Waals surface area contributed by atoms with Crippen LogP contribution in [-0.4, -0.2) is 16.5 Å². The summed E-state index contributed by atoms with van der Waals surface area (Å²) in [6.07, 6.45) is 3.32. The van der Waals surface area contributed by atoms with Crippen molar-refractivity contribution in [3.63, 3.8) is 0 Å². The Labute approximate surface area is 103 Å². The zero-order valence-corrected chi connectivity index (χ0v) is 11.2. The second-order valence-electron chi connectivity index (χ2n) is 4.58. The van der Waals surface area contributed by atoms with Gasteiger partial charge in [-0.2, -0.15) is 0 Å². The Balaban J connectivity index is 2.43. The number of H-pyrrole nitrogens is 1. The number of aromatic amines is 1. The zero-order chi connectivity index (χ0) is 12.0. The lowest BCUT2D eigenvalue weighted by molar-refractivity contribution is 0.548.